The van der Waals surface area contributed by atoms with Crippen LogP contribution in [0, 0.1) is 0 Å². The number of anilines is 4. The molecule has 150 valence electrons. The van der Waals surface area contributed by atoms with E-state index in [1.54, 1.807) is 13.3 Å². The third kappa shape index (κ3) is 4.23. The Kier molecular flexibility index (Phi) is 5.74. The quantitative estimate of drug-likeness (QED) is 0.691. The molecule has 2 aromatic carbocycles. The van der Waals surface area contributed by atoms with Crippen molar-refractivity contribution in [3.8, 4) is 5.75 Å². The average molecular weight is 390 g/mol. The molecular formula is C22H26N6O. The monoisotopic (exact) mass is 390 g/mol. The largest absolute Gasteiger partial charge is 0.495 e. The molecule has 0 saturated carbocycles. The number of methoxy groups -OCH3 is 1. The summed E-state index contributed by atoms with van der Waals surface area (Å²) in [5.41, 5.74) is 3.39. The van der Waals surface area contributed by atoms with Crippen LogP contribution in [0.4, 0.5) is 23.1 Å². The highest BCUT2D eigenvalue weighted by atomic mass is 16.5. The molecule has 29 heavy (non-hydrogen) atoms. The fraction of sp³-hybridized carbons (Fsp3) is 0.318. The van der Waals surface area contributed by atoms with Gasteiger partial charge in [-0.2, -0.15) is 10.1 Å². The Bertz CT molecular complexity index is 955. The van der Waals surface area contributed by atoms with Crippen LogP contribution >= 0.6 is 0 Å². The minimum absolute atomic E-state index is 0.524. The number of piperazine rings is 1. The van der Waals surface area contributed by atoms with E-state index in [4.69, 9.17) is 9.72 Å². The lowest BCUT2D eigenvalue weighted by atomic mass is 10.1. The van der Waals surface area contributed by atoms with Gasteiger partial charge in [0.25, 0.3) is 0 Å². The van der Waals surface area contributed by atoms with Crippen LogP contribution in [0.3, 0.4) is 0 Å². The predicted molar refractivity (Wildman–Crippen MR) is 116 cm³/mol. The number of benzene rings is 2. The van der Waals surface area contributed by atoms with Crippen molar-refractivity contribution in [3.05, 3.63) is 60.3 Å². The highest BCUT2D eigenvalue weighted by Crippen LogP contribution is 2.29. The van der Waals surface area contributed by atoms with E-state index in [1.165, 1.54) is 5.56 Å². The molecule has 7 nitrogen and oxygen atoms in total. The lowest BCUT2D eigenvalue weighted by Gasteiger charge is -2.37. The predicted octanol–water partition coefficient (Wildman–Crippen LogP) is 3.51. The third-order valence-corrected chi connectivity index (χ3v) is 5.22. The minimum atomic E-state index is 0.524. The fourth-order valence-corrected chi connectivity index (χ4v) is 3.64. The van der Waals surface area contributed by atoms with Gasteiger partial charge in [-0.15, -0.1) is 5.10 Å². The van der Waals surface area contributed by atoms with Crippen molar-refractivity contribution in [2.45, 2.75) is 13.3 Å². The molecule has 0 radical (unpaired) electrons. The van der Waals surface area contributed by atoms with Gasteiger partial charge in [-0.3, -0.25) is 0 Å². The highest BCUT2D eigenvalue weighted by molar-refractivity contribution is 5.61. The SMILES string of the molecule is CCc1ccccc1Nc1nncc(N2CCN(c3ccccc3OC)CC2)n1. The minimum Gasteiger partial charge on any atom is -0.495 e. The Balaban J connectivity index is 1.45. The zero-order chi connectivity index (χ0) is 20.1. The smallest absolute Gasteiger partial charge is 0.249 e. The Labute approximate surface area is 171 Å². The third-order valence-electron chi connectivity index (χ3n) is 5.22. The molecule has 4 rings (SSSR count). The van der Waals surface area contributed by atoms with Crippen LogP contribution in [0.5, 0.6) is 5.75 Å². The average Bonchev–Trinajstić information content (AvgIpc) is 2.80. The van der Waals surface area contributed by atoms with Crippen LogP contribution in [-0.2, 0) is 6.42 Å². The molecule has 1 fully saturated rings. The molecular weight excluding hydrogens is 364 g/mol. The highest BCUT2D eigenvalue weighted by Gasteiger charge is 2.21. The lowest BCUT2D eigenvalue weighted by molar-refractivity contribution is 0.413. The summed E-state index contributed by atoms with van der Waals surface area (Å²) in [6.07, 6.45) is 2.68. The standard InChI is InChI=1S/C22H26N6O/c1-3-17-8-4-5-9-18(17)24-22-25-21(16-23-26-22)28-14-12-27(13-15-28)19-10-6-7-11-20(19)29-2/h4-11,16H,3,12-15H2,1-2H3,(H,24,25,26). The molecule has 1 aliphatic heterocycles. The summed E-state index contributed by atoms with van der Waals surface area (Å²) in [6.45, 7) is 5.65. The van der Waals surface area contributed by atoms with Crippen molar-refractivity contribution in [1.82, 2.24) is 15.2 Å². The molecule has 7 heteroatoms. The number of aryl methyl sites for hydroxylation is 1. The van der Waals surface area contributed by atoms with Crippen LogP contribution < -0.4 is 19.9 Å². The van der Waals surface area contributed by atoms with Gasteiger partial charge in [0.1, 0.15) is 5.75 Å². The molecule has 1 N–H and O–H groups in total. The molecule has 1 aromatic heterocycles. The number of ether oxygens (including phenoxy) is 1. The second-order valence-corrected chi connectivity index (χ2v) is 6.92. The zero-order valence-electron chi connectivity index (χ0n) is 16.9. The van der Waals surface area contributed by atoms with E-state index in [0.29, 0.717) is 5.95 Å². The van der Waals surface area contributed by atoms with Crippen LogP contribution in [-0.4, -0.2) is 48.5 Å². The zero-order valence-corrected chi connectivity index (χ0v) is 16.9. The second kappa shape index (κ2) is 8.77. The Morgan fingerprint density at radius 3 is 2.48 bits per heavy atom. The van der Waals surface area contributed by atoms with Gasteiger partial charge in [-0.05, 0) is 30.2 Å². The van der Waals surface area contributed by atoms with Gasteiger partial charge in [0, 0.05) is 31.9 Å². The number of nitrogens with one attached hydrogen (secondary N) is 1. The topological polar surface area (TPSA) is 66.4 Å². The molecule has 3 aromatic rings. The van der Waals surface area contributed by atoms with Crippen molar-refractivity contribution in [2.24, 2.45) is 0 Å². The Morgan fingerprint density at radius 1 is 0.966 bits per heavy atom. The number of hydrogen-bond acceptors (Lipinski definition) is 7. The Hall–Kier alpha value is -3.35. The summed E-state index contributed by atoms with van der Waals surface area (Å²) >= 11 is 0. The van der Waals surface area contributed by atoms with Crippen LogP contribution in [0.25, 0.3) is 0 Å². The molecule has 0 unspecified atom stereocenters. The van der Waals surface area contributed by atoms with E-state index in [0.717, 1.165) is 55.5 Å². The first-order chi connectivity index (χ1) is 14.3. The van der Waals surface area contributed by atoms with Crippen LogP contribution in [0.1, 0.15) is 12.5 Å². The van der Waals surface area contributed by atoms with E-state index in [2.05, 4.69) is 44.4 Å². The Morgan fingerprint density at radius 2 is 1.69 bits per heavy atom. The van der Waals surface area contributed by atoms with Crippen LogP contribution in [0.2, 0.25) is 0 Å². The number of rotatable bonds is 6. The number of nitrogens with zero attached hydrogens (tertiary/aromatic N) is 5. The van der Waals surface area contributed by atoms with Gasteiger partial charge < -0.3 is 19.9 Å². The molecule has 1 saturated heterocycles. The maximum Gasteiger partial charge on any atom is 0.249 e. The summed E-state index contributed by atoms with van der Waals surface area (Å²) in [5, 5.41) is 11.6. The van der Waals surface area contributed by atoms with E-state index >= 15 is 0 Å². The van der Waals surface area contributed by atoms with Crippen molar-refractivity contribution in [3.63, 3.8) is 0 Å². The maximum absolute atomic E-state index is 5.51. The summed E-state index contributed by atoms with van der Waals surface area (Å²) in [4.78, 5) is 9.29. The first kappa shape index (κ1) is 19.0. The molecule has 1 aliphatic rings. The van der Waals surface area contributed by atoms with Gasteiger partial charge in [0.15, 0.2) is 5.82 Å². The molecule has 0 bridgehead atoms. The maximum atomic E-state index is 5.51. The van der Waals surface area contributed by atoms with E-state index in [-0.39, 0.29) is 0 Å². The van der Waals surface area contributed by atoms with Gasteiger partial charge in [0.05, 0.1) is 19.0 Å². The first-order valence-electron chi connectivity index (χ1n) is 9.96. The summed E-state index contributed by atoms with van der Waals surface area (Å²) < 4.78 is 5.51. The molecule has 0 atom stereocenters. The first-order valence-corrected chi connectivity index (χ1v) is 9.96. The van der Waals surface area contributed by atoms with Crippen molar-refractivity contribution in [1.29, 1.82) is 0 Å². The van der Waals surface area contributed by atoms with E-state index < -0.39 is 0 Å². The summed E-state index contributed by atoms with van der Waals surface area (Å²) in [5.74, 6) is 2.28. The van der Waals surface area contributed by atoms with Gasteiger partial charge in [-0.25, -0.2) is 0 Å². The summed E-state index contributed by atoms with van der Waals surface area (Å²) in [6, 6.07) is 16.4. The van der Waals surface area contributed by atoms with E-state index in [1.807, 2.05) is 36.4 Å². The number of para-hydroxylation sites is 3. The van der Waals surface area contributed by atoms with E-state index in [9.17, 15) is 0 Å². The molecule has 0 spiro atoms. The molecule has 0 aliphatic carbocycles. The number of hydrogen-bond donors (Lipinski definition) is 1. The van der Waals surface area contributed by atoms with Crippen molar-refractivity contribution < 1.29 is 4.74 Å². The van der Waals surface area contributed by atoms with Crippen LogP contribution in [0.15, 0.2) is 54.7 Å². The molecule has 0 amide bonds. The van der Waals surface area contributed by atoms with Gasteiger partial charge >= 0.3 is 0 Å². The van der Waals surface area contributed by atoms with Gasteiger partial charge in [-0.1, -0.05) is 37.3 Å². The lowest BCUT2D eigenvalue weighted by Crippen LogP contribution is -2.47. The number of aromatic nitrogens is 3. The van der Waals surface area contributed by atoms with Crippen molar-refractivity contribution >= 4 is 23.1 Å². The molecule has 2 heterocycles. The normalized spacial score (nSPS) is 14.0. The fourth-order valence-electron chi connectivity index (χ4n) is 3.64. The van der Waals surface area contributed by atoms with Crippen molar-refractivity contribution in [2.75, 3.05) is 48.4 Å². The summed E-state index contributed by atoms with van der Waals surface area (Å²) in [7, 11) is 1.72. The second-order valence-electron chi connectivity index (χ2n) is 6.92. The van der Waals surface area contributed by atoms with Gasteiger partial charge in [0.2, 0.25) is 5.95 Å².